The van der Waals surface area contributed by atoms with Crippen molar-refractivity contribution in [1.82, 2.24) is 0 Å². The van der Waals surface area contributed by atoms with Crippen molar-refractivity contribution in [3.05, 3.63) is 36.1 Å². The number of fused-ring (bicyclic) bond motifs is 1. The third-order valence-corrected chi connectivity index (χ3v) is 2.37. The highest BCUT2D eigenvalue weighted by Crippen LogP contribution is 2.19. The molecule has 1 aromatic carbocycles. The SMILES string of the molecule is SCCCc1cc2ccccc2o1. The minimum atomic E-state index is 0.914. The smallest absolute Gasteiger partial charge is 0.134 e. The van der Waals surface area contributed by atoms with Gasteiger partial charge in [0.15, 0.2) is 0 Å². The summed E-state index contributed by atoms with van der Waals surface area (Å²) in [5.74, 6) is 1.98. The van der Waals surface area contributed by atoms with Crippen molar-refractivity contribution in [3.63, 3.8) is 0 Å². The van der Waals surface area contributed by atoms with Crippen LogP contribution in [0.1, 0.15) is 12.2 Å². The third kappa shape index (κ3) is 1.89. The average molecular weight is 192 g/mol. The van der Waals surface area contributed by atoms with Crippen LogP contribution < -0.4 is 0 Å². The van der Waals surface area contributed by atoms with Crippen molar-refractivity contribution in [2.75, 3.05) is 5.75 Å². The number of hydrogen-bond donors (Lipinski definition) is 1. The van der Waals surface area contributed by atoms with Crippen LogP contribution in [-0.2, 0) is 6.42 Å². The van der Waals surface area contributed by atoms with Crippen molar-refractivity contribution < 1.29 is 4.42 Å². The van der Waals surface area contributed by atoms with Gasteiger partial charge in [0.05, 0.1) is 0 Å². The van der Waals surface area contributed by atoms with Gasteiger partial charge in [-0.25, -0.2) is 0 Å². The summed E-state index contributed by atoms with van der Waals surface area (Å²) in [6.07, 6.45) is 2.06. The van der Waals surface area contributed by atoms with Crippen molar-refractivity contribution in [1.29, 1.82) is 0 Å². The van der Waals surface area contributed by atoms with Gasteiger partial charge >= 0.3 is 0 Å². The molecule has 1 heterocycles. The summed E-state index contributed by atoms with van der Waals surface area (Å²) < 4.78 is 5.64. The normalized spacial score (nSPS) is 10.8. The van der Waals surface area contributed by atoms with E-state index >= 15 is 0 Å². The molecule has 1 nitrogen and oxygen atoms in total. The molecular formula is C11H12OS. The topological polar surface area (TPSA) is 13.1 Å². The molecule has 68 valence electrons. The number of aryl methyl sites for hydroxylation is 1. The van der Waals surface area contributed by atoms with Gasteiger partial charge in [0.2, 0.25) is 0 Å². The van der Waals surface area contributed by atoms with E-state index in [4.69, 9.17) is 4.42 Å². The second kappa shape index (κ2) is 3.88. The predicted molar refractivity (Wildman–Crippen MR) is 58.4 cm³/mol. The summed E-state index contributed by atoms with van der Waals surface area (Å²) in [6.45, 7) is 0. The first-order chi connectivity index (χ1) is 6.40. The molecule has 0 aliphatic heterocycles. The van der Waals surface area contributed by atoms with Crippen LogP contribution in [0.25, 0.3) is 11.0 Å². The van der Waals surface area contributed by atoms with E-state index in [9.17, 15) is 0 Å². The highest BCUT2D eigenvalue weighted by atomic mass is 32.1. The minimum Gasteiger partial charge on any atom is -0.461 e. The molecule has 0 spiro atoms. The number of thiol groups is 1. The number of benzene rings is 1. The van der Waals surface area contributed by atoms with Crippen LogP contribution in [0.2, 0.25) is 0 Å². The number of para-hydroxylation sites is 1. The molecule has 2 heteroatoms. The van der Waals surface area contributed by atoms with Crippen LogP contribution in [0.3, 0.4) is 0 Å². The van der Waals surface area contributed by atoms with Gasteiger partial charge in [-0.05, 0) is 24.3 Å². The summed E-state index contributed by atoms with van der Waals surface area (Å²) in [5, 5.41) is 1.19. The fraction of sp³-hybridized carbons (Fsp3) is 0.273. The molecule has 0 fully saturated rings. The molecule has 0 radical (unpaired) electrons. The molecule has 2 aromatic rings. The molecule has 0 amide bonds. The number of hydrogen-bond acceptors (Lipinski definition) is 2. The quantitative estimate of drug-likeness (QED) is 0.736. The van der Waals surface area contributed by atoms with Crippen LogP contribution >= 0.6 is 12.6 Å². The molecule has 0 saturated heterocycles. The van der Waals surface area contributed by atoms with Crippen molar-refractivity contribution in [3.8, 4) is 0 Å². The van der Waals surface area contributed by atoms with E-state index in [1.165, 1.54) is 5.39 Å². The Balaban J connectivity index is 2.28. The molecule has 2 rings (SSSR count). The van der Waals surface area contributed by atoms with Crippen LogP contribution in [0, 0.1) is 0 Å². The fourth-order valence-electron chi connectivity index (χ4n) is 1.41. The van der Waals surface area contributed by atoms with Crippen molar-refractivity contribution in [2.24, 2.45) is 0 Å². The predicted octanol–water partition coefficient (Wildman–Crippen LogP) is 3.30. The molecule has 13 heavy (non-hydrogen) atoms. The Morgan fingerprint density at radius 3 is 2.85 bits per heavy atom. The Bertz CT molecular complexity index is 359. The third-order valence-electron chi connectivity index (χ3n) is 2.06. The van der Waals surface area contributed by atoms with Crippen LogP contribution in [-0.4, -0.2) is 5.75 Å². The summed E-state index contributed by atoms with van der Waals surface area (Å²) in [6, 6.07) is 10.2. The highest BCUT2D eigenvalue weighted by Gasteiger charge is 2.01. The zero-order chi connectivity index (χ0) is 9.10. The van der Waals surface area contributed by atoms with Crippen LogP contribution in [0.4, 0.5) is 0 Å². The zero-order valence-corrected chi connectivity index (χ0v) is 8.26. The number of rotatable bonds is 3. The van der Waals surface area contributed by atoms with Crippen molar-refractivity contribution in [2.45, 2.75) is 12.8 Å². The first-order valence-electron chi connectivity index (χ1n) is 4.48. The lowest BCUT2D eigenvalue weighted by molar-refractivity contribution is 0.545. The van der Waals surface area contributed by atoms with Crippen LogP contribution in [0.15, 0.2) is 34.7 Å². The van der Waals surface area contributed by atoms with Gasteiger partial charge in [0.25, 0.3) is 0 Å². The lowest BCUT2D eigenvalue weighted by Crippen LogP contribution is -1.81. The molecule has 0 bridgehead atoms. The lowest BCUT2D eigenvalue weighted by atomic mass is 10.2. The maximum atomic E-state index is 5.64. The van der Waals surface area contributed by atoms with Gasteiger partial charge in [0, 0.05) is 11.8 Å². The lowest BCUT2D eigenvalue weighted by Gasteiger charge is -1.90. The van der Waals surface area contributed by atoms with E-state index < -0.39 is 0 Å². The molecule has 0 aliphatic carbocycles. The molecule has 1 aromatic heterocycles. The highest BCUT2D eigenvalue weighted by molar-refractivity contribution is 7.80. The monoisotopic (exact) mass is 192 g/mol. The van der Waals surface area contributed by atoms with E-state index in [0.717, 1.165) is 29.9 Å². The second-order valence-corrected chi connectivity index (χ2v) is 3.52. The van der Waals surface area contributed by atoms with Gasteiger partial charge < -0.3 is 4.42 Å². The molecule has 0 unspecified atom stereocenters. The Morgan fingerprint density at radius 1 is 1.23 bits per heavy atom. The van der Waals surface area contributed by atoms with Gasteiger partial charge in [0.1, 0.15) is 11.3 Å². The maximum Gasteiger partial charge on any atom is 0.134 e. The minimum absolute atomic E-state index is 0.914. The van der Waals surface area contributed by atoms with Crippen LogP contribution in [0.5, 0.6) is 0 Å². The summed E-state index contributed by atoms with van der Waals surface area (Å²) in [5.41, 5.74) is 0.983. The van der Waals surface area contributed by atoms with Gasteiger partial charge in [-0.2, -0.15) is 12.6 Å². The Hall–Kier alpha value is -0.890. The summed E-state index contributed by atoms with van der Waals surface area (Å²) in [4.78, 5) is 0. The zero-order valence-electron chi connectivity index (χ0n) is 7.36. The van der Waals surface area contributed by atoms with E-state index in [1.807, 2.05) is 18.2 Å². The Morgan fingerprint density at radius 2 is 2.08 bits per heavy atom. The van der Waals surface area contributed by atoms with Gasteiger partial charge in [-0.1, -0.05) is 18.2 Å². The average Bonchev–Trinajstić information content (AvgIpc) is 2.57. The first-order valence-corrected chi connectivity index (χ1v) is 5.12. The molecular weight excluding hydrogens is 180 g/mol. The van der Waals surface area contributed by atoms with Gasteiger partial charge in [-0.3, -0.25) is 0 Å². The molecule has 0 saturated carbocycles. The number of furan rings is 1. The maximum absolute atomic E-state index is 5.64. The second-order valence-electron chi connectivity index (χ2n) is 3.08. The fourth-order valence-corrected chi connectivity index (χ4v) is 1.57. The first kappa shape index (κ1) is 8.70. The molecule has 0 atom stereocenters. The largest absolute Gasteiger partial charge is 0.461 e. The Kier molecular flexibility index (Phi) is 2.60. The summed E-state index contributed by atoms with van der Waals surface area (Å²) in [7, 11) is 0. The van der Waals surface area contributed by atoms with Crippen molar-refractivity contribution >= 4 is 23.6 Å². The summed E-state index contributed by atoms with van der Waals surface area (Å²) >= 11 is 4.17. The molecule has 0 aliphatic rings. The van der Waals surface area contributed by atoms with E-state index in [0.29, 0.717) is 0 Å². The molecule has 0 N–H and O–H groups in total. The Labute approximate surface area is 83.2 Å². The standard InChI is InChI=1S/C11H12OS/c13-7-3-5-10-8-9-4-1-2-6-11(9)12-10/h1-2,4,6,8,13H,3,5,7H2. The van der Waals surface area contributed by atoms with E-state index in [1.54, 1.807) is 0 Å². The van der Waals surface area contributed by atoms with E-state index in [2.05, 4.69) is 24.8 Å². The van der Waals surface area contributed by atoms with Gasteiger partial charge in [-0.15, -0.1) is 0 Å². The van der Waals surface area contributed by atoms with E-state index in [-0.39, 0.29) is 0 Å².